The summed E-state index contributed by atoms with van der Waals surface area (Å²) < 4.78 is 4.90. The highest BCUT2D eigenvalue weighted by Crippen LogP contribution is 2.22. The first kappa shape index (κ1) is 13.5. The van der Waals surface area contributed by atoms with Crippen molar-refractivity contribution < 1.29 is 14.6 Å². The van der Waals surface area contributed by atoms with Gasteiger partial charge in [-0.15, -0.1) is 0 Å². The van der Waals surface area contributed by atoms with Crippen molar-refractivity contribution in [2.45, 2.75) is 27.2 Å². The van der Waals surface area contributed by atoms with Crippen molar-refractivity contribution in [3.8, 4) is 11.5 Å². The topological polar surface area (TPSA) is 46.5 Å². The van der Waals surface area contributed by atoms with Gasteiger partial charge in [0.2, 0.25) is 0 Å². The van der Waals surface area contributed by atoms with Gasteiger partial charge < -0.3 is 9.84 Å². The van der Waals surface area contributed by atoms with Crippen LogP contribution in [0.3, 0.4) is 0 Å². The second-order valence-electron chi connectivity index (χ2n) is 3.15. The van der Waals surface area contributed by atoms with Crippen LogP contribution in [0.15, 0.2) is 18.2 Å². The molecule has 0 saturated heterocycles. The first-order valence-corrected chi connectivity index (χ1v) is 4.94. The number of Topliss-reactive ketones (excluding diaryl/α,β-unsaturated/α-hetero) is 1. The number of ketones is 1. The fourth-order valence-electron chi connectivity index (χ4n) is 0.924. The Kier molecular flexibility index (Phi) is 6.18. The number of carbonyl (C=O) groups excluding carboxylic acids is 1. The largest absolute Gasteiger partial charge is 0.507 e. The lowest BCUT2D eigenvalue weighted by atomic mass is 10.1. The van der Waals surface area contributed by atoms with Crippen LogP contribution < -0.4 is 4.74 Å². The van der Waals surface area contributed by atoms with E-state index in [1.807, 2.05) is 0 Å². The zero-order valence-corrected chi connectivity index (χ0v) is 9.70. The molecule has 3 nitrogen and oxygen atoms in total. The zero-order chi connectivity index (χ0) is 11.8. The Morgan fingerprint density at radius 2 is 1.93 bits per heavy atom. The monoisotopic (exact) mass is 210 g/mol. The van der Waals surface area contributed by atoms with Gasteiger partial charge in [0.25, 0.3) is 0 Å². The van der Waals surface area contributed by atoms with E-state index in [-0.39, 0.29) is 17.1 Å². The number of phenolic OH excluding ortho intramolecular Hbond substituents is 1. The fourth-order valence-corrected chi connectivity index (χ4v) is 0.924. The van der Waals surface area contributed by atoms with E-state index < -0.39 is 0 Å². The summed E-state index contributed by atoms with van der Waals surface area (Å²) in [4.78, 5) is 10.9. The van der Waals surface area contributed by atoms with Crippen molar-refractivity contribution in [3.63, 3.8) is 0 Å². The Balaban J connectivity index is 0.000000583. The predicted octanol–water partition coefficient (Wildman–Crippen LogP) is 3.02. The van der Waals surface area contributed by atoms with Crippen LogP contribution in [-0.2, 0) is 0 Å². The lowest BCUT2D eigenvalue weighted by Crippen LogP contribution is -1.93. The van der Waals surface area contributed by atoms with Crippen molar-refractivity contribution >= 4 is 5.78 Å². The minimum atomic E-state index is -0.175. The summed E-state index contributed by atoms with van der Waals surface area (Å²) in [5.41, 5.74) is 0.286. The van der Waals surface area contributed by atoms with Crippen LogP contribution in [-0.4, -0.2) is 18.0 Å². The fraction of sp³-hybridized carbons (Fsp3) is 0.417. The lowest BCUT2D eigenvalue weighted by Gasteiger charge is -2.03. The van der Waals surface area contributed by atoms with Crippen LogP contribution in [0.4, 0.5) is 0 Å². The number of phenols is 1. The van der Waals surface area contributed by atoms with E-state index in [2.05, 4.69) is 13.8 Å². The number of rotatable bonds is 2. The molecule has 0 atom stereocenters. The average Bonchev–Trinajstić information content (AvgIpc) is 2.19. The average molecular weight is 210 g/mol. The number of methoxy groups -OCH3 is 1. The van der Waals surface area contributed by atoms with E-state index in [1.165, 1.54) is 32.6 Å². The highest BCUT2D eigenvalue weighted by molar-refractivity contribution is 5.97. The van der Waals surface area contributed by atoms with Gasteiger partial charge in [-0.25, -0.2) is 0 Å². The molecular weight excluding hydrogens is 192 g/mol. The van der Waals surface area contributed by atoms with Crippen LogP contribution in [0.5, 0.6) is 11.5 Å². The molecular formula is C12H18O3. The smallest absolute Gasteiger partial charge is 0.163 e. The Labute approximate surface area is 90.7 Å². The molecule has 1 N–H and O–H groups in total. The molecule has 1 aromatic rings. The van der Waals surface area contributed by atoms with Gasteiger partial charge in [-0.2, -0.15) is 0 Å². The Morgan fingerprint density at radius 3 is 2.33 bits per heavy atom. The molecule has 0 aliphatic carbocycles. The van der Waals surface area contributed by atoms with Crippen molar-refractivity contribution in [1.29, 1.82) is 0 Å². The second-order valence-corrected chi connectivity index (χ2v) is 3.15. The van der Waals surface area contributed by atoms with Crippen molar-refractivity contribution in [2.75, 3.05) is 7.11 Å². The van der Waals surface area contributed by atoms with Gasteiger partial charge in [-0.05, 0) is 25.1 Å². The van der Waals surface area contributed by atoms with Gasteiger partial charge in [0.05, 0.1) is 12.7 Å². The minimum Gasteiger partial charge on any atom is -0.507 e. The summed E-state index contributed by atoms with van der Waals surface area (Å²) in [5, 5.41) is 9.22. The summed E-state index contributed by atoms with van der Waals surface area (Å²) in [5.74, 6) is 0.382. The van der Waals surface area contributed by atoms with E-state index in [4.69, 9.17) is 4.74 Å². The first-order valence-electron chi connectivity index (χ1n) is 4.94. The van der Waals surface area contributed by atoms with E-state index in [9.17, 15) is 9.90 Å². The van der Waals surface area contributed by atoms with E-state index in [0.29, 0.717) is 5.75 Å². The summed E-state index contributed by atoms with van der Waals surface area (Å²) in [7, 11) is 1.51. The molecule has 3 heteroatoms. The molecule has 0 aliphatic heterocycles. The maximum absolute atomic E-state index is 10.9. The lowest BCUT2D eigenvalue weighted by molar-refractivity contribution is 0.101. The molecule has 0 fully saturated rings. The summed E-state index contributed by atoms with van der Waals surface area (Å²) in [6.07, 6.45) is 1.25. The Hall–Kier alpha value is -1.51. The van der Waals surface area contributed by atoms with Crippen LogP contribution >= 0.6 is 0 Å². The van der Waals surface area contributed by atoms with Gasteiger partial charge in [0, 0.05) is 0 Å². The van der Waals surface area contributed by atoms with E-state index in [0.717, 1.165) is 0 Å². The van der Waals surface area contributed by atoms with Gasteiger partial charge >= 0.3 is 0 Å². The van der Waals surface area contributed by atoms with Crippen LogP contribution in [0.1, 0.15) is 37.6 Å². The van der Waals surface area contributed by atoms with Crippen LogP contribution in [0.2, 0.25) is 0 Å². The Bertz CT molecular complexity index is 319. The summed E-state index contributed by atoms with van der Waals surface area (Å²) in [6, 6.07) is 4.55. The molecule has 0 heterocycles. The molecule has 0 unspecified atom stereocenters. The molecule has 15 heavy (non-hydrogen) atoms. The maximum Gasteiger partial charge on any atom is 0.163 e. The van der Waals surface area contributed by atoms with Crippen LogP contribution in [0.25, 0.3) is 0 Å². The first-order chi connectivity index (χ1) is 7.06. The van der Waals surface area contributed by atoms with Gasteiger partial charge in [0.1, 0.15) is 11.5 Å². The Morgan fingerprint density at radius 1 is 1.40 bits per heavy atom. The van der Waals surface area contributed by atoms with Crippen molar-refractivity contribution in [3.05, 3.63) is 23.8 Å². The number of hydrogen-bond acceptors (Lipinski definition) is 3. The standard InChI is InChI=1S/C9H10O3.C3H8/c1-6(10)8-5-7(12-2)3-4-9(8)11;1-3-2/h3-5,11H,1-2H3;3H2,1-2H3. The normalized spacial score (nSPS) is 8.80. The molecule has 0 spiro atoms. The van der Waals surface area contributed by atoms with E-state index in [1.54, 1.807) is 6.07 Å². The number of aromatic hydroxyl groups is 1. The summed E-state index contributed by atoms with van der Waals surface area (Å²) >= 11 is 0. The van der Waals surface area contributed by atoms with Crippen molar-refractivity contribution in [1.82, 2.24) is 0 Å². The minimum absolute atomic E-state index is 0.0108. The number of carbonyl (C=O) groups is 1. The molecule has 0 aromatic heterocycles. The molecule has 0 bridgehead atoms. The third kappa shape index (κ3) is 4.49. The molecule has 1 rings (SSSR count). The SMILES string of the molecule is CCC.COc1ccc(O)c(C(C)=O)c1. The highest BCUT2D eigenvalue weighted by atomic mass is 16.5. The van der Waals surface area contributed by atoms with Gasteiger partial charge in [-0.3, -0.25) is 4.79 Å². The molecule has 1 aromatic carbocycles. The number of benzene rings is 1. The predicted molar refractivity (Wildman–Crippen MR) is 60.6 cm³/mol. The van der Waals surface area contributed by atoms with Gasteiger partial charge in [0.15, 0.2) is 5.78 Å². The van der Waals surface area contributed by atoms with Gasteiger partial charge in [-0.1, -0.05) is 20.3 Å². The summed E-state index contributed by atoms with van der Waals surface area (Å²) in [6.45, 7) is 5.65. The van der Waals surface area contributed by atoms with Crippen molar-refractivity contribution in [2.24, 2.45) is 0 Å². The number of ether oxygens (including phenoxy) is 1. The zero-order valence-electron chi connectivity index (χ0n) is 9.70. The quantitative estimate of drug-likeness (QED) is 0.763. The third-order valence-electron chi connectivity index (χ3n) is 1.58. The maximum atomic E-state index is 10.9. The molecule has 0 aliphatic rings. The molecule has 0 saturated carbocycles. The number of hydrogen-bond donors (Lipinski definition) is 1. The molecule has 84 valence electrons. The van der Waals surface area contributed by atoms with Crippen LogP contribution in [0, 0.1) is 0 Å². The third-order valence-corrected chi connectivity index (χ3v) is 1.58. The van der Waals surface area contributed by atoms with E-state index >= 15 is 0 Å². The highest BCUT2D eigenvalue weighted by Gasteiger charge is 2.06. The second kappa shape index (κ2) is 6.87. The molecule has 0 amide bonds. The molecule has 0 radical (unpaired) electrons.